The van der Waals surface area contributed by atoms with E-state index in [1.54, 1.807) is 24.3 Å². The fraction of sp³-hybridized carbons (Fsp3) is 0.280. The average Bonchev–Trinajstić information content (AvgIpc) is 3.43. The van der Waals surface area contributed by atoms with Gasteiger partial charge in [0.05, 0.1) is 17.3 Å². The molecule has 0 spiro atoms. The van der Waals surface area contributed by atoms with Gasteiger partial charge in [-0.1, -0.05) is 24.3 Å². The number of rotatable bonds is 6. The predicted octanol–water partition coefficient (Wildman–Crippen LogP) is 4.30. The SMILES string of the molecule is NC(=Nc1ccccc1)c1c(NCc2ccc(C(=O)C(F)(F)F)c(F)c2)n2c(nc1=O)N[C@@H]1CCC[C@@H]12. The third-order valence-corrected chi connectivity index (χ3v) is 6.51. The molecule has 1 fully saturated rings. The largest absolute Gasteiger partial charge is 0.454 e. The van der Waals surface area contributed by atoms with E-state index in [9.17, 15) is 27.2 Å². The minimum Gasteiger partial charge on any atom is -0.383 e. The lowest BCUT2D eigenvalue weighted by Crippen LogP contribution is -2.30. The van der Waals surface area contributed by atoms with Crippen molar-refractivity contribution < 1.29 is 22.4 Å². The maximum Gasteiger partial charge on any atom is 0.454 e. The smallest absolute Gasteiger partial charge is 0.383 e. The first-order valence-electron chi connectivity index (χ1n) is 11.6. The van der Waals surface area contributed by atoms with Gasteiger partial charge in [-0.15, -0.1) is 0 Å². The first kappa shape index (κ1) is 24.5. The van der Waals surface area contributed by atoms with Crippen LogP contribution in [0.5, 0.6) is 0 Å². The predicted molar refractivity (Wildman–Crippen MR) is 130 cm³/mol. The van der Waals surface area contributed by atoms with Crippen LogP contribution in [0.3, 0.4) is 0 Å². The van der Waals surface area contributed by atoms with E-state index in [-0.39, 0.29) is 35.6 Å². The molecule has 192 valence electrons. The van der Waals surface area contributed by atoms with Crippen molar-refractivity contribution in [3.8, 4) is 0 Å². The molecule has 5 rings (SSSR count). The maximum absolute atomic E-state index is 14.4. The molecule has 0 bridgehead atoms. The summed E-state index contributed by atoms with van der Waals surface area (Å²) in [6, 6.07) is 11.8. The Balaban J connectivity index is 1.53. The van der Waals surface area contributed by atoms with Crippen LogP contribution >= 0.6 is 0 Å². The van der Waals surface area contributed by atoms with Crippen molar-refractivity contribution in [1.29, 1.82) is 0 Å². The van der Waals surface area contributed by atoms with E-state index in [2.05, 4.69) is 20.6 Å². The monoisotopic (exact) mass is 514 g/mol. The molecule has 2 heterocycles. The number of fused-ring (bicyclic) bond motifs is 3. The van der Waals surface area contributed by atoms with Crippen LogP contribution in [0, 0.1) is 5.82 Å². The molecule has 0 amide bonds. The number of anilines is 2. The Morgan fingerprint density at radius 3 is 2.65 bits per heavy atom. The Kier molecular flexibility index (Phi) is 6.18. The quantitative estimate of drug-likeness (QED) is 0.196. The van der Waals surface area contributed by atoms with Crippen molar-refractivity contribution in [2.75, 3.05) is 10.6 Å². The number of benzene rings is 2. The Bertz CT molecular complexity index is 1450. The van der Waals surface area contributed by atoms with Gasteiger partial charge in [-0.25, -0.2) is 9.38 Å². The maximum atomic E-state index is 14.4. The molecular formula is C25H22F4N6O2. The summed E-state index contributed by atoms with van der Waals surface area (Å²) in [5.74, 6) is -2.92. The van der Waals surface area contributed by atoms with Crippen LogP contribution in [-0.4, -0.2) is 33.4 Å². The summed E-state index contributed by atoms with van der Waals surface area (Å²) >= 11 is 0. The van der Waals surface area contributed by atoms with Gasteiger partial charge < -0.3 is 16.4 Å². The lowest BCUT2D eigenvalue weighted by atomic mass is 10.1. The zero-order chi connectivity index (χ0) is 26.3. The van der Waals surface area contributed by atoms with Crippen molar-refractivity contribution in [3.05, 3.63) is 81.4 Å². The number of nitrogens with one attached hydrogen (secondary N) is 2. The Hall–Kier alpha value is -4.22. The Morgan fingerprint density at radius 2 is 1.95 bits per heavy atom. The van der Waals surface area contributed by atoms with Crippen molar-refractivity contribution in [2.45, 2.75) is 44.1 Å². The fourth-order valence-electron chi connectivity index (χ4n) is 4.84. The number of amidine groups is 1. The lowest BCUT2D eigenvalue weighted by molar-refractivity contribution is -0.0887. The summed E-state index contributed by atoms with van der Waals surface area (Å²) < 4.78 is 54.5. The molecule has 1 aliphatic heterocycles. The third-order valence-electron chi connectivity index (χ3n) is 6.51. The first-order valence-corrected chi connectivity index (χ1v) is 11.6. The minimum atomic E-state index is -5.19. The second-order valence-corrected chi connectivity index (χ2v) is 8.91. The molecule has 1 aromatic heterocycles. The minimum absolute atomic E-state index is 0.00241. The van der Waals surface area contributed by atoms with Gasteiger partial charge in [0.15, 0.2) is 0 Å². The fourth-order valence-corrected chi connectivity index (χ4v) is 4.84. The zero-order valence-electron chi connectivity index (χ0n) is 19.3. The second kappa shape index (κ2) is 9.34. The number of hydrogen-bond acceptors (Lipinski definition) is 6. The number of nitrogens with zero attached hydrogens (tertiary/aromatic N) is 3. The Labute approximate surface area is 208 Å². The summed E-state index contributed by atoms with van der Waals surface area (Å²) in [6.07, 6.45) is -2.49. The topological polar surface area (TPSA) is 114 Å². The standard InChI is InChI=1S/C25H22F4N6O2/c26-16-11-13(9-10-15(16)20(36)25(27,28)29)12-31-22-19(21(30)32-14-5-2-1-3-6-14)23(37)34-24-33-17-7-4-8-18(17)35(22)24/h1-3,5-6,9-11,17-18,31H,4,7-8,12H2,(H2,30,32)(H,33,34,37)/t17-,18+/m1/s1. The number of ketones is 1. The summed E-state index contributed by atoms with van der Waals surface area (Å²) in [5.41, 5.74) is 5.42. The molecule has 2 aromatic carbocycles. The van der Waals surface area contributed by atoms with Crippen LogP contribution in [-0.2, 0) is 6.54 Å². The van der Waals surface area contributed by atoms with E-state index in [1.165, 1.54) is 6.07 Å². The van der Waals surface area contributed by atoms with Crippen molar-refractivity contribution in [2.24, 2.45) is 10.7 Å². The van der Waals surface area contributed by atoms with E-state index in [0.29, 0.717) is 17.5 Å². The van der Waals surface area contributed by atoms with Crippen LogP contribution in [0.4, 0.5) is 35.0 Å². The molecule has 0 saturated heterocycles. The number of carbonyl (C=O) groups excluding carboxylic acids is 1. The molecule has 0 unspecified atom stereocenters. The second-order valence-electron chi connectivity index (χ2n) is 8.91. The molecule has 3 aromatic rings. The summed E-state index contributed by atoms with van der Waals surface area (Å²) in [6.45, 7) is -0.0662. The van der Waals surface area contributed by atoms with E-state index in [1.807, 2.05) is 10.6 Å². The van der Waals surface area contributed by atoms with Gasteiger partial charge in [0.25, 0.3) is 11.3 Å². The van der Waals surface area contributed by atoms with E-state index in [4.69, 9.17) is 5.73 Å². The van der Waals surface area contributed by atoms with Gasteiger partial charge in [0.2, 0.25) is 5.95 Å². The molecule has 1 saturated carbocycles. The van der Waals surface area contributed by atoms with E-state index < -0.39 is 28.9 Å². The number of carbonyl (C=O) groups is 1. The third kappa shape index (κ3) is 4.66. The molecule has 12 heteroatoms. The molecule has 2 aliphatic rings. The number of alkyl halides is 3. The number of hydrogen-bond donors (Lipinski definition) is 3. The highest BCUT2D eigenvalue weighted by Gasteiger charge is 2.41. The van der Waals surface area contributed by atoms with Crippen LogP contribution in [0.15, 0.2) is 58.3 Å². The highest BCUT2D eigenvalue weighted by atomic mass is 19.4. The average molecular weight is 514 g/mol. The van der Waals surface area contributed by atoms with E-state index in [0.717, 1.165) is 31.4 Å². The number of nitrogens with two attached hydrogens (primary N) is 1. The number of halogens is 4. The molecule has 2 atom stereocenters. The number of para-hydroxylation sites is 1. The number of aromatic nitrogens is 2. The zero-order valence-corrected chi connectivity index (χ0v) is 19.3. The molecule has 4 N–H and O–H groups in total. The van der Waals surface area contributed by atoms with Crippen molar-refractivity contribution in [1.82, 2.24) is 9.55 Å². The van der Waals surface area contributed by atoms with Crippen LogP contribution in [0.2, 0.25) is 0 Å². The van der Waals surface area contributed by atoms with Gasteiger partial charge in [-0.2, -0.15) is 18.2 Å². The summed E-state index contributed by atoms with van der Waals surface area (Å²) in [4.78, 5) is 33.1. The van der Waals surface area contributed by atoms with Gasteiger partial charge in [0, 0.05) is 12.6 Å². The van der Waals surface area contributed by atoms with Crippen LogP contribution in [0.1, 0.15) is 46.8 Å². The van der Waals surface area contributed by atoms with Gasteiger partial charge >= 0.3 is 6.18 Å². The normalized spacial score (nSPS) is 18.8. The molecule has 1 aliphatic carbocycles. The van der Waals surface area contributed by atoms with Crippen LogP contribution < -0.4 is 21.9 Å². The highest BCUT2D eigenvalue weighted by molar-refractivity contribution is 6.03. The molecular weight excluding hydrogens is 492 g/mol. The first-order chi connectivity index (χ1) is 17.6. The molecule has 8 nitrogen and oxygen atoms in total. The van der Waals surface area contributed by atoms with Crippen molar-refractivity contribution in [3.63, 3.8) is 0 Å². The molecule has 37 heavy (non-hydrogen) atoms. The molecule has 0 radical (unpaired) electrons. The number of Topliss-reactive ketones (excluding diaryl/α,β-unsaturated/α-hetero) is 1. The summed E-state index contributed by atoms with van der Waals surface area (Å²) in [7, 11) is 0. The summed E-state index contributed by atoms with van der Waals surface area (Å²) in [5, 5.41) is 6.37. The lowest BCUT2D eigenvalue weighted by Gasteiger charge is -2.21. The van der Waals surface area contributed by atoms with Gasteiger partial charge in [-0.05, 0) is 49.1 Å². The van der Waals surface area contributed by atoms with Gasteiger partial charge in [-0.3, -0.25) is 14.2 Å². The van der Waals surface area contributed by atoms with E-state index >= 15 is 0 Å². The Morgan fingerprint density at radius 1 is 1.19 bits per heavy atom. The highest BCUT2D eigenvalue weighted by Crippen LogP contribution is 2.41. The van der Waals surface area contributed by atoms with Gasteiger partial charge in [0.1, 0.15) is 23.0 Å². The van der Waals surface area contributed by atoms with Crippen molar-refractivity contribution >= 4 is 29.1 Å². The van der Waals surface area contributed by atoms with Crippen LogP contribution in [0.25, 0.3) is 0 Å². The number of aliphatic imine (C=N–C) groups is 1.